The van der Waals surface area contributed by atoms with Gasteiger partial charge >= 0.3 is 0 Å². The van der Waals surface area contributed by atoms with Crippen molar-refractivity contribution in [1.82, 2.24) is 9.55 Å². The van der Waals surface area contributed by atoms with Crippen LogP contribution in [-0.2, 0) is 6.54 Å². The molecule has 0 bridgehead atoms. The largest absolute Gasteiger partial charge is 0.370 e. The molecular formula is C13H15N7S. The average molecular weight is 301 g/mol. The Morgan fingerprint density at radius 1 is 1.29 bits per heavy atom. The summed E-state index contributed by atoms with van der Waals surface area (Å²) in [6.07, 6.45) is 2.05. The van der Waals surface area contributed by atoms with Crippen molar-refractivity contribution in [2.24, 2.45) is 27.2 Å². The number of thioether (sulfide) groups is 1. The number of aliphatic imine (C=N–C) groups is 2. The molecule has 0 amide bonds. The molecule has 1 aromatic heterocycles. The van der Waals surface area contributed by atoms with Crippen molar-refractivity contribution >= 4 is 29.4 Å². The first-order valence-corrected chi connectivity index (χ1v) is 7.34. The molecule has 108 valence electrons. The van der Waals surface area contributed by atoms with Gasteiger partial charge in [0, 0.05) is 24.1 Å². The van der Waals surface area contributed by atoms with Gasteiger partial charge in [-0.15, -0.1) is 0 Å². The first-order chi connectivity index (χ1) is 10.1. The summed E-state index contributed by atoms with van der Waals surface area (Å²) in [5.41, 5.74) is 18.7. The normalized spacial score (nSPS) is 14.0. The Bertz CT molecular complexity index is 706. The second kappa shape index (κ2) is 5.49. The highest BCUT2D eigenvalue weighted by Crippen LogP contribution is 2.30. The number of aromatic nitrogens is 2. The summed E-state index contributed by atoms with van der Waals surface area (Å²) in [4.78, 5) is 12.5. The molecule has 0 fully saturated rings. The fourth-order valence-electron chi connectivity index (χ4n) is 2.07. The summed E-state index contributed by atoms with van der Waals surface area (Å²) in [5, 5.41) is 1.05. The van der Waals surface area contributed by atoms with Crippen LogP contribution in [0.2, 0.25) is 0 Å². The van der Waals surface area contributed by atoms with Gasteiger partial charge in [-0.3, -0.25) is 0 Å². The van der Waals surface area contributed by atoms with E-state index in [1.54, 1.807) is 11.8 Å². The summed E-state index contributed by atoms with van der Waals surface area (Å²) in [5.74, 6) is 0.993. The zero-order chi connectivity index (χ0) is 14.8. The molecule has 8 heteroatoms. The minimum atomic E-state index is -0.116. The Hall–Kier alpha value is -2.48. The van der Waals surface area contributed by atoms with Gasteiger partial charge < -0.3 is 21.8 Å². The molecule has 6 N–H and O–H groups in total. The zero-order valence-corrected chi connectivity index (χ0v) is 12.0. The van der Waals surface area contributed by atoms with Crippen molar-refractivity contribution in [2.75, 3.05) is 5.75 Å². The number of nitrogens with two attached hydrogens (primary N) is 3. The van der Waals surface area contributed by atoms with Crippen LogP contribution in [0.4, 0.5) is 5.69 Å². The molecule has 7 nitrogen and oxygen atoms in total. The number of guanidine groups is 2. The van der Waals surface area contributed by atoms with E-state index in [1.165, 1.54) is 0 Å². The van der Waals surface area contributed by atoms with E-state index in [9.17, 15) is 0 Å². The lowest BCUT2D eigenvalue weighted by Crippen LogP contribution is -2.26. The van der Waals surface area contributed by atoms with Crippen LogP contribution in [0.5, 0.6) is 0 Å². The third-order valence-corrected chi connectivity index (χ3v) is 3.90. The Morgan fingerprint density at radius 2 is 2.14 bits per heavy atom. The number of imidazole rings is 1. The lowest BCUT2D eigenvalue weighted by molar-refractivity contribution is 0.719. The number of hydrogen-bond acceptors (Lipinski definition) is 3. The lowest BCUT2D eigenvalue weighted by atomic mass is 10.1. The summed E-state index contributed by atoms with van der Waals surface area (Å²) >= 11 is 1.76. The highest BCUT2D eigenvalue weighted by atomic mass is 32.2. The standard InChI is InChI=1S/C13H15N7S/c14-11(15)19-12(16)17-9-3-1-2-8(6-9)10-7-20-4-5-21-13(20)18-10/h1-3,6-7H,4-5H2,(H6,14,15,16,17,19). The molecule has 2 aromatic rings. The third-order valence-electron chi connectivity index (χ3n) is 2.93. The van der Waals surface area contributed by atoms with Crippen molar-refractivity contribution in [3.05, 3.63) is 30.5 Å². The number of aryl methyl sites for hydroxylation is 1. The fraction of sp³-hybridized carbons (Fsp3) is 0.154. The van der Waals surface area contributed by atoms with Gasteiger partial charge in [-0.1, -0.05) is 23.9 Å². The monoisotopic (exact) mass is 301 g/mol. The summed E-state index contributed by atoms with van der Waals surface area (Å²) < 4.78 is 2.16. The minimum absolute atomic E-state index is 0.0232. The summed E-state index contributed by atoms with van der Waals surface area (Å²) in [7, 11) is 0. The minimum Gasteiger partial charge on any atom is -0.370 e. The van der Waals surface area contributed by atoms with Crippen molar-refractivity contribution in [2.45, 2.75) is 11.7 Å². The second-order valence-electron chi connectivity index (χ2n) is 4.51. The van der Waals surface area contributed by atoms with Crippen LogP contribution in [-0.4, -0.2) is 27.2 Å². The quantitative estimate of drug-likeness (QED) is 0.561. The molecule has 1 aliphatic rings. The maximum Gasteiger partial charge on any atom is 0.223 e. The molecule has 0 atom stereocenters. The van der Waals surface area contributed by atoms with E-state index >= 15 is 0 Å². The summed E-state index contributed by atoms with van der Waals surface area (Å²) in [6, 6.07) is 7.61. The van der Waals surface area contributed by atoms with Crippen LogP contribution >= 0.6 is 11.8 Å². The van der Waals surface area contributed by atoms with E-state index in [4.69, 9.17) is 17.2 Å². The van der Waals surface area contributed by atoms with Gasteiger partial charge in [0.25, 0.3) is 0 Å². The van der Waals surface area contributed by atoms with Gasteiger partial charge in [-0.05, 0) is 12.1 Å². The molecule has 2 heterocycles. The van der Waals surface area contributed by atoms with E-state index in [0.717, 1.165) is 28.7 Å². The predicted octanol–water partition coefficient (Wildman–Crippen LogP) is 0.875. The van der Waals surface area contributed by atoms with Crippen LogP contribution in [0, 0.1) is 0 Å². The Balaban J connectivity index is 1.91. The van der Waals surface area contributed by atoms with Crippen LogP contribution in [0.15, 0.2) is 45.6 Å². The molecule has 0 radical (unpaired) electrons. The molecule has 1 aromatic carbocycles. The fourth-order valence-corrected chi connectivity index (χ4v) is 3.02. The Morgan fingerprint density at radius 3 is 2.90 bits per heavy atom. The SMILES string of the molecule is NC(N)=NC(N)=Nc1cccc(-c2cn3c(n2)SCC3)c1. The molecule has 0 spiro atoms. The Kier molecular flexibility index (Phi) is 3.53. The molecule has 1 aliphatic heterocycles. The van der Waals surface area contributed by atoms with Crippen molar-refractivity contribution in [1.29, 1.82) is 0 Å². The number of nitrogens with zero attached hydrogens (tertiary/aromatic N) is 4. The molecule has 0 saturated heterocycles. The molecule has 0 saturated carbocycles. The van der Waals surface area contributed by atoms with Gasteiger partial charge in [-0.25, -0.2) is 9.98 Å². The van der Waals surface area contributed by atoms with E-state index in [0.29, 0.717) is 5.69 Å². The van der Waals surface area contributed by atoms with Crippen molar-refractivity contribution in [3.63, 3.8) is 0 Å². The second-order valence-corrected chi connectivity index (χ2v) is 5.57. The number of hydrogen-bond donors (Lipinski definition) is 3. The predicted molar refractivity (Wildman–Crippen MR) is 85.5 cm³/mol. The van der Waals surface area contributed by atoms with Crippen LogP contribution in [0.25, 0.3) is 11.3 Å². The first-order valence-electron chi connectivity index (χ1n) is 6.36. The maximum absolute atomic E-state index is 5.63. The van der Waals surface area contributed by atoms with E-state index < -0.39 is 0 Å². The van der Waals surface area contributed by atoms with Crippen molar-refractivity contribution in [3.8, 4) is 11.3 Å². The Labute approximate surface area is 126 Å². The van der Waals surface area contributed by atoms with Crippen LogP contribution in [0.1, 0.15) is 0 Å². The average Bonchev–Trinajstić information content (AvgIpc) is 2.98. The number of fused-ring (bicyclic) bond motifs is 1. The third kappa shape index (κ3) is 3.00. The van der Waals surface area contributed by atoms with Crippen LogP contribution in [0.3, 0.4) is 0 Å². The smallest absolute Gasteiger partial charge is 0.223 e. The molecule has 0 aliphatic carbocycles. The lowest BCUT2D eigenvalue weighted by Gasteiger charge is -2.00. The first kappa shape index (κ1) is 13.5. The molecular weight excluding hydrogens is 286 g/mol. The number of rotatable bonds is 2. The highest BCUT2D eigenvalue weighted by molar-refractivity contribution is 7.99. The van der Waals surface area contributed by atoms with Gasteiger partial charge in [0.2, 0.25) is 5.96 Å². The molecule has 3 rings (SSSR count). The highest BCUT2D eigenvalue weighted by Gasteiger charge is 2.15. The molecule has 0 unspecified atom stereocenters. The van der Waals surface area contributed by atoms with Crippen LogP contribution < -0.4 is 17.2 Å². The van der Waals surface area contributed by atoms with Gasteiger partial charge in [0.1, 0.15) is 0 Å². The van der Waals surface area contributed by atoms with E-state index in [-0.39, 0.29) is 11.9 Å². The van der Waals surface area contributed by atoms with Gasteiger partial charge in [-0.2, -0.15) is 4.99 Å². The van der Waals surface area contributed by atoms with Gasteiger partial charge in [0.15, 0.2) is 11.1 Å². The topological polar surface area (TPSA) is 121 Å². The van der Waals surface area contributed by atoms with E-state index in [2.05, 4.69) is 25.7 Å². The maximum atomic E-state index is 5.63. The van der Waals surface area contributed by atoms with Gasteiger partial charge in [0.05, 0.1) is 11.4 Å². The zero-order valence-electron chi connectivity index (χ0n) is 11.2. The van der Waals surface area contributed by atoms with E-state index in [1.807, 2.05) is 24.3 Å². The van der Waals surface area contributed by atoms with Crippen molar-refractivity contribution < 1.29 is 0 Å². The molecule has 21 heavy (non-hydrogen) atoms. The summed E-state index contributed by atoms with van der Waals surface area (Å²) in [6.45, 7) is 1.00. The number of benzene rings is 1.